The number of hydrogen-bond donors (Lipinski definition) is 3. The summed E-state index contributed by atoms with van der Waals surface area (Å²) in [4.78, 5) is 25.4. The Morgan fingerprint density at radius 2 is 2.43 bits per heavy atom. The molecule has 0 aliphatic rings. The fourth-order valence-electron chi connectivity index (χ4n) is 0.880. The molecule has 0 aromatic carbocycles. The van der Waals surface area contributed by atoms with Crippen LogP contribution in [0.1, 0.15) is 24.0 Å². The molecule has 0 bridgehead atoms. The number of hydrogen-bond acceptors (Lipinski definition) is 4. The molecule has 3 N–H and O–H groups in total. The minimum Gasteiger partial charge on any atom is -0.480 e. The van der Waals surface area contributed by atoms with E-state index in [2.05, 4.69) is 20.5 Å². The van der Waals surface area contributed by atoms with E-state index in [9.17, 15) is 9.59 Å². The number of nitrogens with zero attached hydrogens (tertiary/aromatic N) is 2. The Morgan fingerprint density at radius 1 is 1.71 bits per heavy atom. The molecule has 1 rings (SSSR count). The molecule has 7 nitrogen and oxygen atoms in total. The lowest BCUT2D eigenvalue weighted by Crippen LogP contribution is -2.40. The average molecular weight is 198 g/mol. The van der Waals surface area contributed by atoms with Crippen molar-refractivity contribution in [1.82, 2.24) is 20.5 Å². The van der Waals surface area contributed by atoms with Gasteiger partial charge in [0.2, 0.25) is 5.82 Å². The van der Waals surface area contributed by atoms with Gasteiger partial charge in [0, 0.05) is 0 Å². The highest BCUT2D eigenvalue weighted by Gasteiger charge is 2.19. The molecule has 0 radical (unpaired) electrons. The van der Waals surface area contributed by atoms with E-state index in [4.69, 9.17) is 5.11 Å². The molecule has 76 valence electrons. The van der Waals surface area contributed by atoms with Crippen molar-refractivity contribution >= 4 is 11.9 Å². The number of aromatic nitrogens is 3. The van der Waals surface area contributed by atoms with Crippen LogP contribution in [0.25, 0.3) is 0 Å². The quantitative estimate of drug-likeness (QED) is 0.598. The standard InChI is InChI=1S/C7H10N4O3/c1-2-4(7(13)14)10-6(12)5-8-3-9-11-5/h3-4H,2H2,1H3,(H,10,12)(H,13,14)(H,8,9,11)/t4-/m1/s1. The van der Waals surface area contributed by atoms with Gasteiger partial charge in [0.1, 0.15) is 12.4 Å². The lowest BCUT2D eigenvalue weighted by Gasteiger charge is -2.10. The van der Waals surface area contributed by atoms with E-state index >= 15 is 0 Å². The van der Waals surface area contributed by atoms with Crippen molar-refractivity contribution in [3.05, 3.63) is 12.2 Å². The molecule has 1 heterocycles. The van der Waals surface area contributed by atoms with Gasteiger partial charge in [-0.05, 0) is 6.42 Å². The second kappa shape index (κ2) is 4.35. The lowest BCUT2D eigenvalue weighted by atomic mass is 10.2. The summed E-state index contributed by atoms with van der Waals surface area (Å²) in [5.41, 5.74) is 0. The van der Waals surface area contributed by atoms with Gasteiger partial charge in [-0.3, -0.25) is 9.89 Å². The summed E-state index contributed by atoms with van der Waals surface area (Å²) in [7, 11) is 0. The van der Waals surface area contributed by atoms with Gasteiger partial charge < -0.3 is 10.4 Å². The predicted octanol–water partition coefficient (Wildman–Crippen LogP) is -0.602. The Balaban J connectivity index is 2.60. The smallest absolute Gasteiger partial charge is 0.326 e. The van der Waals surface area contributed by atoms with Gasteiger partial charge in [-0.25, -0.2) is 9.78 Å². The lowest BCUT2D eigenvalue weighted by molar-refractivity contribution is -0.139. The summed E-state index contributed by atoms with van der Waals surface area (Å²) in [6.07, 6.45) is 1.49. The minimum absolute atomic E-state index is 0.00435. The van der Waals surface area contributed by atoms with E-state index in [-0.39, 0.29) is 5.82 Å². The highest BCUT2D eigenvalue weighted by molar-refractivity contribution is 5.93. The van der Waals surface area contributed by atoms with Crippen molar-refractivity contribution in [3.8, 4) is 0 Å². The number of aliphatic carboxylic acids is 1. The maximum atomic E-state index is 11.3. The second-order valence-corrected chi connectivity index (χ2v) is 2.61. The highest BCUT2D eigenvalue weighted by atomic mass is 16.4. The van der Waals surface area contributed by atoms with Crippen molar-refractivity contribution in [3.63, 3.8) is 0 Å². The molecule has 0 saturated carbocycles. The number of aromatic amines is 1. The molecule has 14 heavy (non-hydrogen) atoms. The predicted molar refractivity (Wildman–Crippen MR) is 45.6 cm³/mol. The Kier molecular flexibility index (Phi) is 3.16. The largest absolute Gasteiger partial charge is 0.480 e. The van der Waals surface area contributed by atoms with Crippen LogP contribution in [0.2, 0.25) is 0 Å². The zero-order valence-corrected chi connectivity index (χ0v) is 7.52. The van der Waals surface area contributed by atoms with Gasteiger partial charge in [0.05, 0.1) is 0 Å². The van der Waals surface area contributed by atoms with Crippen molar-refractivity contribution in [2.75, 3.05) is 0 Å². The zero-order valence-electron chi connectivity index (χ0n) is 7.52. The van der Waals surface area contributed by atoms with Gasteiger partial charge in [-0.1, -0.05) is 6.92 Å². The molecule has 1 aromatic heterocycles. The minimum atomic E-state index is -1.07. The monoisotopic (exact) mass is 198 g/mol. The summed E-state index contributed by atoms with van der Waals surface area (Å²) in [6, 6.07) is -0.896. The Bertz CT molecular complexity index is 322. The molecule has 0 unspecified atom stereocenters. The van der Waals surface area contributed by atoms with Crippen molar-refractivity contribution < 1.29 is 14.7 Å². The third-order valence-electron chi connectivity index (χ3n) is 1.64. The fourth-order valence-corrected chi connectivity index (χ4v) is 0.880. The van der Waals surface area contributed by atoms with Gasteiger partial charge in [-0.2, -0.15) is 5.10 Å². The third-order valence-corrected chi connectivity index (χ3v) is 1.64. The molecule has 0 spiro atoms. The first-order valence-corrected chi connectivity index (χ1v) is 4.04. The first-order valence-electron chi connectivity index (χ1n) is 4.04. The summed E-state index contributed by atoms with van der Waals surface area (Å²) < 4.78 is 0. The molecule has 0 fully saturated rings. The van der Waals surface area contributed by atoms with Crippen molar-refractivity contribution in [2.24, 2.45) is 0 Å². The first-order chi connectivity index (χ1) is 6.65. The van der Waals surface area contributed by atoms with Crippen LogP contribution in [-0.2, 0) is 4.79 Å². The van der Waals surface area contributed by atoms with E-state index in [1.165, 1.54) is 6.33 Å². The number of carbonyl (C=O) groups excluding carboxylic acids is 1. The maximum Gasteiger partial charge on any atom is 0.326 e. The summed E-state index contributed by atoms with van der Waals surface area (Å²) in [5, 5.41) is 16.8. The Labute approximate surface area is 79.5 Å². The van der Waals surface area contributed by atoms with E-state index in [1.54, 1.807) is 6.92 Å². The van der Waals surface area contributed by atoms with Crippen LogP contribution in [0.5, 0.6) is 0 Å². The summed E-state index contributed by atoms with van der Waals surface area (Å²) in [6.45, 7) is 1.67. The van der Waals surface area contributed by atoms with Crippen molar-refractivity contribution in [2.45, 2.75) is 19.4 Å². The number of nitrogens with one attached hydrogen (secondary N) is 2. The zero-order chi connectivity index (χ0) is 10.6. The van der Waals surface area contributed by atoms with E-state index in [1.807, 2.05) is 0 Å². The van der Waals surface area contributed by atoms with Crippen molar-refractivity contribution in [1.29, 1.82) is 0 Å². The molecule has 7 heteroatoms. The average Bonchev–Trinajstić information content (AvgIpc) is 2.65. The topological polar surface area (TPSA) is 108 Å². The van der Waals surface area contributed by atoms with Crippen LogP contribution in [0.3, 0.4) is 0 Å². The van der Waals surface area contributed by atoms with Crippen LogP contribution in [0.15, 0.2) is 6.33 Å². The molecule has 0 aliphatic heterocycles. The van der Waals surface area contributed by atoms with Gasteiger partial charge in [0.15, 0.2) is 0 Å². The van der Waals surface area contributed by atoms with Crippen LogP contribution in [0.4, 0.5) is 0 Å². The van der Waals surface area contributed by atoms with Gasteiger partial charge in [-0.15, -0.1) is 0 Å². The van der Waals surface area contributed by atoms with E-state index in [0.717, 1.165) is 0 Å². The van der Waals surface area contributed by atoms with Crippen LogP contribution in [0, 0.1) is 0 Å². The summed E-state index contributed by atoms with van der Waals surface area (Å²) in [5.74, 6) is -1.64. The number of amides is 1. The van der Waals surface area contributed by atoms with Crippen LogP contribution in [-0.4, -0.2) is 38.2 Å². The summed E-state index contributed by atoms with van der Waals surface area (Å²) >= 11 is 0. The van der Waals surface area contributed by atoms with E-state index < -0.39 is 17.9 Å². The van der Waals surface area contributed by atoms with Gasteiger partial charge >= 0.3 is 5.97 Å². The third kappa shape index (κ3) is 2.28. The fraction of sp³-hybridized carbons (Fsp3) is 0.429. The second-order valence-electron chi connectivity index (χ2n) is 2.61. The molecule has 0 aliphatic carbocycles. The van der Waals surface area contributed by atoms with Crippen LogP contribution < -0.4 is 5.32 Å². The van der Waals surface area contributed by atoms with Crippen LogP contribution >= 0.6 is 0 Å². The Hall–Kier alpha value is -1.92. The number of H-pyrrole nitrogens is 1. The highest BCUT2D eigenvalue weighted by Crippen LogP contribution is 1.93. The number of carboxylic acids is 1. The molecular formula is C7H10N4O3. The Morgan fingerprint density at radius 3 is 2.86 bits per heavy atom. The number of rotatable bonds is 4. The maximum absolute atomic E-state index is 11.3. The molecule has 1 atom stereocenters. The SMILES string of the molecule is CC[C@@H](NC(=O)c1ncn[nH]1)C(=O)O. The molecule has 1 aromatic rings. The first kappa shape index (κ1) is 10.2. The number of carbonyl (C=O) groups is 2. The molecular weight excluding hydrogens is 188 g/mol. The normalized spacial score (nSPS) is 12.1. The van der Waals surface area contributed by atoms with E-state index in [0.29, 0.717) is 6.42 Å². The molecule has 0 saturated heterocycles. The number of carboxylic acid groups (broad SMARTS) is 1. The van der Waals surface area contributed by atoms with Gasteiger partial charge in [0.25, 0.3) is 5.91 Å². The molecule has 1 amide bonds.